The van der Waals surface area contributed by atoms with Crippen LogP contribution in [0.25, 0.3) is 11.5 Å². The molecule has 0 radical (unpaired) electrons. The number of hydrogen-bond acceptors (Lipinski definition) is 4. The van der Waals surface area contributed by atoms with E-state index in [4.69, 9.17) is 4.42 Å². The molecule has 2 aromatic heterocycles. The molecule has 0 aliphatic heterocycles. The van der Waals surface area contributed by atoms with Crippen LogP contribution in [0.2, 0.25) is 0 Å². The summed E-state index contributed by atoms with van der Waals surface area (Å²) in [5.74, 6) is 1.57. The third-order valence-corrected chi connectivity index (χ3v) is 3.91. The monoisotopic (exact) mass is 379 g/mol. The Morgan fingerprint density at radius 3 is 2.48 bits per heavy atom. The molecule has 0 unspecified atom stereocenters. The van der Waals surface area contributed by atoms with Crippen LogP contribution >= 0.6 is 0 Å². The van der Waals surface area contributed by atoms with Gasteiger partial charge in [-0.3, -0.25) is 5.10 Å². The molecule has 0 aliphatic carbocycles. The topological polar surface area (TPSA) is 63.1 Å². The van der Waals surface area contributed by atoms with Gasteiger partial charge in [0.15, 0.2) is 5.76 Å². The Morgan fingerprint density at radius 2 is 1.81 bits per heavy atom. The van der Waals surface area contributed by atoms with Gasteiger partial charge >= 0.3 is 6.18 Å². The Labute approximate surface area is 154 Å². The zero-order chi connectivity index (χ0) is 19.3. The molecule has 8 heteroatoms. The number of H-pyrrole nitrogens is 1. The van der Waals surface area contributed by atoms with E-state index in [2.05, 4.69) is 20.3 Å². The van der Waals surface area contributed by atoms with Crippen molar-refractivity contribution in [3.63, 3.8) is 0 Å². The number of alkyl halides is 3. The van der Waals surface area contributed by atoms with E-state index in [9.17, 15) is 13.2 Å². The summed E-state index contributed by atoms with van der Waals surface area (Å²) in [6, 6.07) is 11.1. The molecule has 0 saturated heterocycles. The Hall–Kier alpha value is -2.58. The number of aromatic amines is 1. The molecular formula is C19H20F3N3O2. The van der Waals surface area contributed by atoms with E-state index in [1.807, 2.05) is 31.2 Å². The van der Waals surface area contributed by atoms with E-state index in [1.165, 1.54) is 0 Å². The Balaban J connectivity index is 1.48. The van der Waals surface area contributed by atoms with Gasteiger partial charge in [-0.15, -0.1) is 0 Å². The van der Waals surface area contributed by atoms with Gasteiger partial charge < -0.3 is 14.5 Å². The Kier molecular flexibility index (Phi) is 5.98. The SMILES string of the molecule is Cc1ccc(-c2[nH]ncc2CNCc2ccc(COCC(F)(F)F)cc2)o1. The van der Waals surface area contributed by atoms with Crippen molar-refractivity contribution >= 4 is 0 Å². The lowest BCUT2D eigenvalue weighted by atomic mass is 10.1. The van der Waals surface area contributed by atoms with Gasteiger partial charge in [0.2, 0.25) is 0 Å². The van der Waals surface area contributed by atoms with Gasteiger partial charge in [-0.1, -0.05) is 24.3 Å². The first-order chi connectivity index (χ1) is 12.9. The summed E-state index contributed by atoms with van der Waals surface area (Å²) >= 11 is 0. The quantitative estimate of drug-likeness (QED) is 0.611. The van der Waals surface area contributed by atoms with E-state index in [-0.39, 0.29) is 6.61 Å². The maximum Gasteiger partial charge on any atom is 0.411 e. The molecule has 144 valence electrons. The molecule has 2 N–H and O–H groups in total. The van der Waals surface area contributed by atoms with E-state index >= 15 is 0 Å². The Bertz CT molecular complexity index is 854. The Morgan fingerprint density at radius 1 is 1.07 bits per heavy atom. The molecule has 0 amide bonds. The first-order valence-electron chi connectivity index (χ1n) is 8.43. The first kappa shape index (κ1) is 19.2. The minimum Gasteiger partial charge on any atom is -0.460 e. The number of nitrogens with one attached hydrogen (secondary N) is 2. The summed E-state index contributed by atoms with van der Waals surface area (Å²) in [5.41, 5.74) is 3.55. The molecule has 0 aliphatic rings. The highest BCUT2D eigenvalue weighted by molar-refractivity contribution is 5.56. The second kappa shape index (κ2) is 8.41. The van der Waals surface area contributed by atoms with Crippen LogP contribution in [-0.2, 0) is 24.4 Å². The molecule has 0 bridgehead atoms. The van der Waals surface area contributed by atoms with Crippen molar-refractivity contribution in [1.82, 2.24) is 15.5 Å². The van der Waals surface area contributed by atoms with Crippen LogP contribution in [-0.4, -0.2) is 23.0 Å². The van der Waals surface area contributed by atoms with Crippen LogP contribution in [0, 0.1) is 6.92 Å². The predicted octanol–water partition coefficient (Wildman–Crippen LogP) is 4.35. The molecule has 0 atom stereocenters. The molecule has 2 heterocycles. The summed E-state index contributed by atoms with van der Waals surface area (Å²) in [4.78, 5) is 0. The summed E-state index contributed by atoms with van der Waals surface area (Å²) in [7, 11) is 0. The van der Waals surface area contributed by atoms with Crippen LogP contribution in [0.5, 0.6) is 0 Å². The summed E-state index contributed by atoms with van der Waals surface area (Å²) < 4.78 is 46.5. The van der Waals surface area contributed by atoms with E-state index in [0.29, 0.717) is 18.7 Å². The zero-order valence-corrected chi connectivity index (χ0v) is 14.8. The third kappa shape index (κ3) is 5.70. The lowest BCUT2D eigenvalue weighted by Gasteiger charge is -2.09. The smallest absolute Gasteiger partial charge is 0.411 e. The third-order valence-electron chi connectivity index (χ3n) is 3.91. The predicted molar refractivity (Wildman–Crippen MR) is 93.7 cm³/mol. The summed E-state index contributed by atoms with van der Waals surface area (Å²) in [6.07, 6.45) is -2.55. The second-order valence-electron chi connectivity index (χ2n) is 6.21. The molecule has 0 spiro atoms. The summed E-state index contributed by atoms with van der Waals surface area (Å²) in [6.45, 7) is 1.80. The van der Waals surface area contributed by atoms with Crippen LogP contribution in [0.4, 0.5) is 13.2 Å². The normalized spacial score (nSPS) is 11.9. The fourth-order valence-electron chi connectivity index (χ4n) is 2.61. The van der Waals surface area contributed by atoms with E-state index in [1.54, 1.807) is 18.3 Å². The van der Waals surface area contributed by atoms with Gasteiger partial charge in [0.05, 0.1) is 12.8 Å². The molecule has 0 saturated carbocycles. The minimum absolute atomic E-state index is 0.0613. The first-order valence-corrected chi connectivity index (χ1v) is 8.43. The molecule has 3 rings (SSSR count). The zero-order valence-electron chi connectivity index (χ0n) is 14.8. The molecule has 27 heavy (non-hydrogen) atoms. The number of halogens is 3. The number of hydrogen-bond donors (Lipinski definition) is 2. The van der Waals surface area contributed by atoms with Gasteiger partial charge in [0.1, 0.15) is 18.1 Å². The van der Waals surface area contributed by atoms with Crippen LogP contribution in [0.3, 0.4) is 0 Å². The molecule has 0 fully saturated rings. The van der Waals surface area contributed by atoms with Crippen molar-refractivity contribution in [3.8, 4) is 11.5 Å². The van der Waals surface area contributed by atoms with Crippen molar-refractivity contribution in [1.29, 1.82) is 0 Å². The van der Waals surface area contributed by atoms with Gasteiger partial charge in [-0.25, -0.2) is 0 Å². The number of aromatic nitrogens is 2. The van der Waals surface area contributed by atoms with E-state index in [0.717, 1.165) is 28.3 Å². The highest BCUT2D eigenvalue weighted by Gasteiger charge is 2.27. The van der Waals surface area contributed by atoms with E-state index < -0.39 is 12.8 Å². The van der Waals surface area contributed by atoms with Crippen LogP contribution in [0.15, 0.2) is 47.0 Å². The lowest BCUT2D eigenvalue weighted by Crippen LogP contribution is -2.16. The molecule has 1 aromatic carbocycles. The van der Waals surface area contributed by atoms with Crippen molar-refractivity contribution in [2.24, 2.45) is 0 Å². The van der Waals surface area contributed by atoms with Crippen LogP contribution < -0.4 is 5.32 Å². The standard InChI is InChI=1S/C19H20F3N3O2/c1-13-2-7-17(27-13)18-16(10-24-25-18)9-23-8-14-3-5-15(6-4-14)11-26-12-19(20,21)22/h2-7,10,23H,8-9,11-12H2,1H3,(H,24,25). The number of rotatable bonds is 8. The molecule has 5 nitrogen and oxygen atoms in total. The van der Waals surface area contributed by atoms with Gasteiger partial charge in [0, 0.05) is 18.7 Å². The van der Waals surface area contributed by atoms with Crippen molar-refractivity contribution in [2.75, 3.05) is 6.61 Å². The van der Waals surface area contributed by atoms with Crippen LogP contribution in [0.1, 0.15) is 22.5 Å². The highest BCUT2D eigenvalue weighted by atomic mass is 19.4. The number of nitrogens with zero attached hydrogens (tertiary/aromatic N) is 1. The van der Waals surface area contributed by atoms with Crippen molar-refractivity contribution in [2.45, 2.75) is 32.8 Å². The number of benzene rings is 1. The van der Waals surface area contributed by atoms with Crippen molar-refractivity contribution in [3.05, 3.63) is 65.0 Å². The largest absolute Gasteiger partial charge is 0.460 e. The molecule has 3 aromatic rings. The second-order valence-corrected chi connectivity index (χ2v) is 6.21. The highest BCUT2D eigenvalue weighted by Crippen LogP contribution is 2.23. The maximum absolute atomic E-state index is 12.1. The summed E-state index contributed by atoms with van der Waals surface area (Å²) in [5, 5.41) is 10.3. The van der Waals surface area contributed by atoms with Gasteiger partial charge in [-0.05, 0) is 30.2 Å². The average Bonchev–Trinajstić information content (AvgIpc) is 3.24. The number of aryl methyl sites for hydroxylation is 1. The minimum atomic E-state index is -4.30. The fraction of sp³-hybridized carbons (Fsp3) is 0.316. The van der Waals surface area contributed by atoms with Gasteiger partial charge in [0.25, 0.3) is 0 Å². The number of ether oxygens (including phenoxy) is 1. The van der Waals surface area contributed by atoms with Crippen molar-refractivity contribution < 1.29 is 22.3 Å². The number of furan rings is 1. The molecular weight excluding hydrogens is 359 g/mol. The fourth-order valence-corrected chi connectivity index (χ4v) is 2.61. The average molecular weight is 379 g/mol. The van der Waals surface area contributed by atoms with Gasteiger partial charge in [-0.2, -0.15) is 18.3 Å². The lowest BCUT2D eigenvalue weighted by molar-refractivity contribution is -0.176. The maximum atomic E-state index is 12.1.